The first-order valence-corrected chi connectivity index (χ1v) is 9.71. The Morgan fingerprint density at radius 1 is 1.25 bits per heavy atom. The Bertz CT molecular complexity index is 713. The summed E-state index contributed by atoms with van der Waals surface area (Å²) in [5.41, 5.74) is 0.689. The Morgan fingerprint density at radius 3 is 2.57 bits per heavy atom. The van der Waals surface area contributed by atoms with Gasteiger partial charge in [0.1, 0.15) is 5.75 Å². The van der Waals surface area contributed by atoms with E-state index in [9.17, 15) is 19.5 Å². The molecular formula is C20H27N3O5. The fourth-order valence-electron chi connectivity index (χ4n) is 3.45. The monoisotopic (exact) mass is 389 g/mol. The molecule has 2 atom stereocenters. The van der Waals surface area contributed by atoms with E-state index in [0.29, 0.717) is 18.0 Å². The highest BCUT2D eigenvalue weighted by Crippen LogP contribution is 2.27. The van der Waals surface area contributed by atoms with E-state index in [0.717, 1.165) is 25.9 Å². The molecule has 0 aromatic heterocycles. The van der Waals surface area contributed by atoms with E-state index >= 15 is 0 Å². The smallest absolute Gasteiger partial charge is 0.260 e. The summed E-state index contributed by atoms with van der Waals surface area (Å²) in [6.07, 6.45) is 1.61. The van der Waals surface area contributed by atoms with E-state index in [1.54, 1.807) is 41.0 Å². The molecule has 3 amide bonds. The van der Waals surface area contributed by atoms with Crippen molar-refractivity contribution < 1.29 is 24.2 Å². The van der Waals surface area contributed by atoms with E-state index in [1.807, 2.05) is 0 Å². The van der Waals surface area contributed by atoms with E-state index in [2.05, 4.69) is 5.32 Å². The number of hydrogen-bond acceptors (Lipinski definition) is 5. The molecule has 2 saturated heterocycles. The van der Waals surface area contributed by atoms with Gasteiger partial charge in [-0.1, -0.05) is 0 Å². The number of nitrogens with one attached hydrogen (secondary N) is 1. The molecule has 1 aromatic carbocycles. The fraction of sp³-hybridized carbons (Fsp3) is 0.550. The summed E-state index contributed by atoms with van der Waals surface area (Å²) >= 11 is 0. The van der Waals surface area contributed by atoms with Gasteiger partial charge < -0.3 is 25.0 Å². The summed E-state index contributed by atoms with van der Waals surface area (Å²) in [4.78, 5) is 39.8. The number of benzene rings is 1. The molecule has 152 valence electrons. The molecule has 0 aliphatic carbocycles. The molecule has 8 heteroatoms. The zero-order valence-corrected chi connectivity index (χ0v) is 16.1. The Labute approximate surface area is 164 Å². The predicted molar refractivity (Wildman–Crippen MR) is 103 cm³/mol. The first-order valence-electron chi connectivity index (χ1n) is 9.71. The van der Waals surface area contributed by atoms with E-state index in [1.165, 1.54) is 0 Å². The van der Waals surface area contributed by atoms with Crippen LogP contribution >= 0.6 is 0 Å². The summed E-state index contributed by atoms with van der Waals surface area (Å²) in [7, 11) is 0. The standard InChI is InChI=1S/C20H27N3O5/c1-14(24)11-21-20(27)15-10-18(25)23(12-15)16-4-6-17(7-5-16)28-13-19(26)22-8-2-3-9-22/h4-7,14-15,24H,2-3,8-13H2,1H3,(H,21,27)/t14-,15-/m1/s1. The quantitative estimate of drug-likeness (QED) is 0.709. The second kappa shape index (κ2) is 9.05. The lowest BCUT2D eigenvalue weighted by Gasteiger charge is -2.18. The molecular weight excluding hydrogens is 362 g/mol. The van der Waals surface area contributed by atoms with Crippen molar-refractivity contribution in [3.63, 3.8) is 0 Å². The van der Waals surface area contributed by atoms with Crippen LogP contribution in [0, 0.1) is 5.92 Å². The lowest BCUT2D eigenvalue weighted by molar-refractivity contribution is -0.132. The Morgan fingerprint density at radius 2 is 1.93 bits per heavy atom. The first-order chi connectivity index (χ1) is 13.4. The van der Waals surface area contributed by atoms with Crippen LogP contribution in [0.15, 0.2) is 24.3 Å². The van der Waals surface area contributed by atoms with Crippen molar-refractivity contribution in [2.24, 2.45) is 5.92 Å². The van der Waals surface area contributed by atoms with Crippen LogP contribution in [0.1, 0.15) is 26.2 Å². The number of aliphatic hydroxyl groups is 1. The van der Waals surface area contributed by atoms with Gasteiger partial charge in [-0.05, 0) is 44.0 Å². The highest BCUT2D eigenvalue weighted by atomic mass is 16.5. The van der Waals surface area contributed by atoms with Crippen LogP contribution in [0.2, 0.25) is 0 Å². The number of carbonyl (C=O) groups is 3. The Balaban J connectivity index is 1.52. The maximum atomic E-state index is 12.3. The molecule has 2 heterocycles. The number of ether oxygens (including phenoxy) is 1. The summed E-state index contributed by atoms with van der Waals surface area (Å²) in [6, 6.07) is 6.95. The molecule has 2 aliphatic rings. The van der Waals surface area contributed by atoms with Gasteiger partial charge in [0, 0.05) is 38.3 Å². The third kappa shape index (κ3) is 5.01. The van der Waals surface area contributed by atoms with Gasteiger partial charge >= 0.3 is 0 Å². The van der Waals surface area contributed by atoms with Gasteiger partial charge in [-0.2, -0.15) is 0 Å². The Kier molecular flexibility index (Phi) is 6.51. The van der Waals surface area contributed by atoms with Crippen molar-refractivity contribution in [3.8, 4) is 5.75 Å². The summed E-state index contributed by atoms with van der Waals surface area (Å²) in [5, 5.41) is 11.9. The molecule has 28 heavy (non-hydrogen) atoms. The summed E-state index contributed by atoms with van der Waals surface area (Å²) < 4.78 is 5.56. The number of likely N-dealkylation sites (tertiary alicyclic amines) is 1. The molecule has 0 unspecified atom stereocenters. The average molecular weight is 389 g/mol. The third-order valence-corrected chi connectivity index (χ3v) is 5.04. The highest BCUT2D eigenvalue weighted by Gasteiger charge is 2.35. The molecule has 0 saturated carbocycles. The van der Waals surface area contributed by atoms with Crippen molar-refractivity contribution >= 4 is 23.4 Å². The second-order valence-corrected chi connectivity index (χ2v) is 7.37. The average Bonchev–Trinajstić information content (AvgIpc) is 3.34. The number of amides is 3. The Hall–Kier alpha value is -2.61. The highest BCUT2D eigenvalue weighted by molar-refractivity contribution is 6.00. The number of aliphatic hydroxyl groups excluding tert-OH is 1. The molecule has 2 aliphatic heterocycles. The van der Waals surface area contributed by atoms with Crippen molar-refractivity contribution in [1.29, 1.82) is 0 Å². The van der Waals surface area contributed by atoms with E-state index in [4.69, 9.17) is 4.74 Å². The molecule has 3 rings (SSSR count). The minimum atomic E-state index is -0.623. The molecule has 0 spiro atoms. The van der Waals surface area contributed by atoms with Crippen molar-refractivity contribution in [2.45, 2.75) is 32.3 Å². The number of rotatable bonds is 7. The minimum absolute atomic E-state index is 0.00746. The third-order valence-electron chi connectivity index (χ3n) is 5.04. The number of hydrogen-bond donors (Lipinski definition) is 2. The van der Waals surface area contributed by atoms with Gasteiger partial charge in [0.25, 0.3) is 5.91 Å². The van der Waals surface area contributed by atoms with Crippen molar-refractivity contribution in [3.05, 3.63) is 24.3 Å². The largest absolute Gasteiger partial charge is 0.484 e. The van der Waals surface area contributed by atoms with E-state index in [-0.39, 0.29) is 37.3 Å². The number of nitrogens with zero attached hydrogens (tertiary/aromatic N) is 2. The molecule has 0 bridgehead atoms. The normalized spacial score (nSPS) is 20.4. The zero-order chi connectivity index (χ0) is 20.1. The van der Waals surface area contributed by atoms with E-state index < -0.39 is 12.0 Å². The maximum absolute atomic E-state index is 12.3. The zero-order valence-electron chi connectivity index (χ0n) is 16.1. The van der Waals surface area contributed by atoms with Gasteiger partial charge in [0.15, 0.2) is 6.61 Å². The van der Waals surface area contributed by atoms with Gasteiger partial charge in [-0.15, -0.1) is 0 Å². The summed E-state index contributed by atoms with van der Waals surface area (Å²) in [5.74, 6) is -0.219. The van der Waals surface area contributed by atoms with Crippen molar-refractivity contribution in [2.75, 3.05) is 37.7 Å². The maximum Gasteiger partial charge on any atom is 0.260 e. The lowest BCUT2D eigenvalue weighted by Crippen LogP contribution is -2.36. The van der Waals surface area contributed by atoms with Crippen LogP contribution in [-0.2, 0) is 14.4 Å². The van der Waals surface area contributed by atoms with Crippen molar-refractivity contribution in [1.82, 2.24) is 10.2 Å². The van der Waals surface area contributed by atoms with Gasteiger partial charge in [-0.25, -0.2) is 0 Å². The van der Waals surface area contributed by atoms with Crippen LogP contribution in [0.4, 0.5) is 5.69 Å². The topological polar surface area (TPSA) is 99.2 Å². The molecule has 1 aromatic rings. The fourth-order valence-corrected chi connectivity index (χ4v) is 3.45. The molecule has 2 N–H and O–H groups in total. The second-order valence-electron chi connectivity index (χ2n) is 7.37. The van der Waals surface area contributed by atoms with Crippen LogP contribution in [0.5, 0.6) is 5.75 Å². The predicted octanol–water partition coefficient (Wildman–Crippen LogP) is 0.538. The van der Waals surface area contributed by atoms with Crippen LogP contribution < -0.4 is 15.0 Å². The number of anilines is 1. The minimum Gasteiger partial charge on any atom is -0.484 e. The molecule has 0 radical (unpaired) electrons. The first kappa shape index (κ1) is 20.1. The van der Waals surface area contributed by atoms with Gasteiger partial charge in [-0.3, -0.25) is 14.4 Å². The van der Waals surface area contributed by atoms with Crippen LogP contribution in [0.3, 0.4) is 0 Å². The van der Waals surface area contributed by atoms with Crippen LogP contribution in [0.25, 0.3) is 0 Å². The molecule has 8 nitrogen and oxygen atoms in total. The number of carbonyl (C=O) groups excluding carboxylic acids is 3. The lowest BCUT2D eigenvalue weighted by atomic mass is 10.1. The van der Waals surface area contributed by atoms with Gasteiger partial charge in [0.05, 0.1) is 12.0 Å². The van der Waals surface area contributed by atoms with Gasteiger partial charge in [0.2, 0.25) is 11.8 Å². The SMILES string of the molecule is C[C@@H](O)CNC(=O)[C@@H]1CC(=O)N(c2ccc(OCC(=O)N3CCCC3)cc2)C1. The summed E-state index contributed by atoms with van der Waals surface area (Å²) in [6.45, 7) is 3.67. The van der Waals surface area contributed by atoms with Crippen LogP contribution in [-0.4, -0.2) is 66.6 Å². The molecule has 2 fully saturated rings.